The van der Waals surface area contributed by atoms with Crippen molar-refractivity contribution in [2.75, 3.05) is 62.2 Å². The Morgan fingerprint density at radius 1 is 0.686 bits per heavy atom. The average Bonchev–Trinajstić information content (AvgIpc) is 2.91. The van der Waals surface area contributed by atoms with Gasteiger partial charge in [0, 0.05) is 63.7 Å². The highest BCUT2D eigenvalue weighted by molar-refractivity contribution is 6.00. The molecule has 2 aromatic rings. The molecular weight excluding hydrogens is 462 g/mol. The Kier molecular flexibility index (Phi) is 9.89. The van der Waals surface area contributed by atoms with Gasteiger partial charge >= 0.3 is 0 Å². The SMILES string of the molecule is CC(=NNC(=N)NN=C(C)c1ccc(N2CCNCC2)cc1)c1ccc(N2CCNCC2)cc1.Cl. The van der Waals surface area contributed by atoms with E-state index in [2.05, 4.69) is 90.0 Å². The van der Waals surface area contributed by atoms with Gasteiger partial charge in [0.1, 0.15) is 0 Å². The van der Waals surface area contributed by atoms with Gasteiger partial charge in [0.05, 0.1) is 11.4 Å². The van der Waals surface area contributed by atoms with Crippen molar-refractivity contribution in [2.24, 2.45) is 10.2 Å². The first-order valence-corrected chi connectivity index (χ1v) is 11.9. The van der Waals surface area contributed by atoms with Crippen LogP contribution in [0.5, 0.6) is 0 Å². The Bertz CT molecular complexity index is 925. The normalized spacial score (nSPS) is 17.0. The van der Waals surface area contributed by atoms with Gasteiger partial charge in [0.15, 0.2) is 0 Å². The van der Waals surface area contributed by atoms with Crippen molar-refractivity contribution < 1.29 is 0 Å². The summed E-state index contributed by atoms with van der Waals surface area (Å²) in [4.78, 5) is 4.76. The van der Waals surface area contributed by atoms with Crippen LogP contribution in [0.15, 0.2) is 58.7 Å². The number of piperazine rings is 2. The first-order chi connectivity index (χ1) is 16.6. The first-order valence-electron chi connectivity index (χ1n) is 11.9. The topological polar surface area (TPSA) is 103 Å². The smallest absolute Gasteiger partial charge is 0.230 e. The van der Waals surface area contributed by atoms with Crippen molar-refractivity contribution >= 4 is 41.2 Å². The Morgan fingerprint density at radius 3 is 1.37 bits per heavy atom. The third-order valence-corrected chi connectivity index (χ3v) is 6.21. The largest absolute Gasteiger partial charge is 0.369 e. The average molecular weight is 498 g/mol. The summed E-state index contributed by atoms with van der Waals surface area (Å²) in [7, 11) is 0. The minimum absolute atomic E-state index is 0. The lowest BCUT2D eigenvalue weighted by Gasteiger charge is -2.29. The highest BCUT2D eigenvalue weighted by atomic mass is 35.5. The van der Waals surface area contributed by atoms with Gasteiger partial charge in [-0.05, 0) is 49.2 Å². The minimum Gasteiger partial charge on any atom is -0.369 e. The van der Waals surface area contributed by atoms with E-state index in [-0.39, 0.29) is 18.4 Å². The minimum atomic E-state index is 0. The standard InChI is InChI=1S/C25H35N9.ClH/c1-19(21-3-7-23(8-4-21)33-15-11-27-12-16-33)29-31-25(26)32-30-20(2)22-5-9-24(10-6-22)34-17-13-28-14-18-34;/h3-10,27-28H,11-18H2,1-2H3,(H3,26,31,32);1H. The molecule has 188 valence electrons. The molecule has 2 aliphatic heterocycles. The van der Waals surface area contributed by atoms with Crippen molar-refractivity contribution in [3.63, 3.8) is 0 Å². The molecule has 2 heterocycles. The number of benzene rings is 2. The van der Waals surface area contributed by atoms with Gasteiger partial charge in [-0.15, -0.1) is 12.4 Å². The molecule has 0 aliphatic carbocycles. The van der Waals surface area contributed by atoms with Crippen LogP contribution in [0.1, 0.15) is 25.0 Å². The second-order valence-electron chi connectivity index (χ2n) is 8.56. The highest BCUT2D eigenvalue weighted by Crippen LogP contribution is 2.17. The number of halogens is 1. The van der Waals surface area contributed by atoms with Crippen LogP contribution in [0.3, 0.4) is 0 Å². The zero-order chi connectivity index (χ0) is 23.8. The summed E-state index contributed by atoms with van der Waals surface area (Å²) in [5, 5.41) is 23.5. The van der Waals surface area contributed by atoms with Crippen LogP contribution >= 0.6 is 12.4 Å². The fourth-order valence-corrected chi connectivity index (χ4v) is 4.11. The molecule has 0 radical (unpaired) electrons. The van der Waals surface area contributed by atoms with E-state index in [1.807, 2.05) is 13.8 Å². The molecule has 9 nitrogen and oxygen atoms in total. The Balaban J connectivity index is 0.00000342. The molecular formula is C25H36ClN9. The maximum atomic E-state index is 8.07. The number of hydrazone groups is 2. The molecule has 0 aromatic heterocycles. The molecule has 0 atom stereocenters. The molecule has 4 rings (SSSR count). The van der Waals surface area contributed by atoms with Gasteiger partial charge < -0.3 is 20.4 Å². The molecule has 0 unspecified atom stereocenters. The predicted octanol–water partition coefficient (Wildman–Crippen LogP) is 2.19. The Labute approximate surface area is 214 Å². The summed E-state index contributed by atoms with van der Waals surface area (Å²) < 4.78 is 0. The summed E-state index contributed by atoms with van der Waals surface area (Å²) in [6.07, 6.45) is 0. The van der Waals surface area contributed by atoms with Gasteiger partial charge in [-0.25, -0.2) is 10.9 Å². The van der Waals surface area contributed by atoms with E-state index in [1.165, 1.54) is 11.4 Å². The summed E-state index contributed by atoms with van der Waals surface area (Å²) in [5.41, 5.74) is 11.6. The zero-order valence-corrected chi connectivity index (χ0v) is 21.3. The summed E-state index contributed by atoms with van der Waals surface area (Å²) in [6, 6.07) is 16.8. The molecule has 0 bridgehead atoms. The second-order valence-corrected chi connectivity index (χ2v) is 8.56. The van der Waals surface area contributed by atoms with E-state index in [0.29, 0.717) is 0 Å². The second kappa shape index (κ2) is 13.1. The van der Waals surface area contributed by atoms with Gasteiger partial charge in [-0.3, -0.25) is 5.41 Å². The van der Waals surface area contributed by atoms with E-state index >= 15 is 0 Å². The van der Waals surface area contributed by atoms with E-state index in [1.54, 1.807) is 0 Å². The third kappa shape index (κ3) is 7.42. The molecule has 2 aliphatic rings. The van der Waals surface area contributed by atoms with Crippen LogP contribution in [-0.4, -0.2) is 69.7 Å². The summed E-state index contributed by atoms with van der Waals surface area (Å²) in [6.45, 7) is 12.0. The van der Waals surface area contributed by atoms with Crippen LogP contribution in [0.2, 0.25) is 0 Å². The molecule has 0 saturated carbocycles. The van der Waals surface area contributed by atoms with Crippen molar-refractivity contribution in [1.82, 2.24) is 21.5 Å². The van der Waals surface area contributed by atoms with Gasteiger partial charge in [0.25, 0.3) is 0 Å². The lowest BCUT2D eigenvalue weighted by molar-refractivity contribution is 0.589. The fraction of sp³-hybridized carbons (Fsp3) is 0.400. The summed E-state index contributed by atoms with van der Waals surface area (Å²) >= 11 is 0. The molecule has 2 fully saturated rings. The van der Waals surface area contributed by atoms with Crippen LogP contribution < -0.4 is 31.3 Å². The number of hydrogen-bond donors (Lipinski definition) is 5. The number of nitrogens with zero attached hydrogens (tertiary/aromatic N) is 4. The lowest BCUT2D eigenvalue weighted by atomic mass is 10.1. The van der Waals surface area contributed by atoms with Crippen LogP contribution in [-0.2, 0) is 0 Å². The Hall–Kier alpha value is -3.14. The van der Waals surface area contributed by atoms with Crippen molar-refractivity contribution in [3.8, 4) is 0 Å². The van der Waals surface area contributed by atoms with E-state index < -0.39 is 0 Å². The maximum absolute atomic E-state index is 8.07. The molecule has 5 N–H and O–H groups in total. The highest BCUT2D eigenvalue weighted by Gasteiger charge is 2.11. The number of nitrogens with one attached hydrogen (secondary N) is 5. The quantitative estimate of drug-likeness (QED) is 0.238. The third-order valence-electron chi connectivity index (χ3n) is 6.21. The van der Waals surface area contributed by atoms with Crippen molar-refractivity contribution in [2.45, 2.75) is 13.8 Å². The molecule has 0 spiro atoms. The summed E-state index contributed by atoms with van der Waals surface area (Å²) in [5.74, 6) is 0.0218. The number of hydrogen-bond acceptors (Lipinski definition) is 7. The zero-order valence-electron chi connectivity index (χ0n) is 20.5. The van der Waals surface area contributed by atoms with Crippen LogP contribution in [0, 0.1) is 5.41 Å². The van der Waals surface area contributed by atoms with Gasteiger partial charge in [-0.2, -0.15) is 10.2 Å². The molecule has 35 heavy (non-hydrogen) atoms. The maximum Gasteiger partial charge on any atom is 0.230 e. The van der Waals surface area contributed by atoms with E-state index in [0.717, 1.165) is 74.9 Å². The van der Waals surface area contributed by atoms with Crippen molar-refractivity contribution in [3.05, 3.63) is 59.7 Å². The lowest BCUT2D eigenvalue weighted by Crippen LogP contribution is -2.43. The first kappa shape index (κ1) is 26.5. The van der Waals surface area contributed by atoms with Crippen LogP contribution in [0.25, 0.3) is 0 Å². The van der Waals surface area contributed by atoms with Crippen LogP contribution in [0.4, 0.5) is 11.4 Å². The molecule has 2 aromatic carbocycles. The number of guanidine groups is 1. The monoisotopic (exact) mass is 497 g/mol. The molecule has 0 amide bonds. The molecule has 2 saturated heterocycles. The predicted molar refractivity (Wildman–Crippen MR) is 149 cm³/mol. The molecule has 10 heteroatoms. The van der Waals surface area contributed by atoms with E-state index in [4.69, 9.17) is 5.41 Å². The van der Waals surface area contributed by atoms with Gasteiger partial charge in [0.2, 0.25) is 5.96 Å². The Morgan fingerprint density at radius 2 is 1.03 bits per heavy atom. The van der Waals surface area contributed by atoms with Gasteiger partial charge in [-0.1, -0.05) is 24.3 Å². The van der Waals surface area contributed by atoms with Crippen molar-refractivity contribution in [1.29, 1.82) is 5.41 Å². The number of anilines is 2. The number of rotatable bonds is 6. The fourth-order valence-electron chi connectivity index (χ4n) is 4.11. The van der Waals surface area contributed by atoms with E-state index in [9.17, 15) is 0 Å².